The third-order valence-corrected chi connectivity index (χ3v) is 5.31. The largest absolute Gasteiger partial charge is 0.467 e. The van der Waals surface area contributed by atoms with Gasteiger partial charge in [0, 0.05) is 16.6 Å². The highest BCUT2D eigenvalue weighted by Gasteiger charge is 2.37. The minimum atomic E-state index is -0.541. The van der Waals surface area contributed by atoms with Gasteiger partial charge in [-0.25, -0.2) is 14.6 Å². The molecule has 1 aromatic heterocycles. The number of halogens is 1. The smallest absolute Gasteiger partial charge is 0.411 e. The first-order chi connectivity index (χ1) is 16.0. The predicted octanol–water partition coefficient (Wildman–Crippen LogP) is 5.04. The van der Waals surface area contributed by atoms with E-state index in [1.165, 1.54) is 12.0 Å². The van der Waals surface area contributed by atoms with Gasteiger partial charge in [0.2, 0.25) is 0 Å². The molecule has 0 aliphatic carbocycles. The quantitative estimate of drug-likeness (QED) is 0.554. The Labute approximate surface area is 207 Å². The topological polar surface area (TPSA) is 102 Å². The average molecular weight is 532 g/mol. The van der Waals surface area contributed by atoms with Crippen LogP contribution in [0.5, 0.6) is 0 Å². The average Bonchev–Trinajstić information content (AvgIpc) is 3.28. The number of amides is 1. The van der Waals surface area contributed by atoms with E-state index >= 15 is 0 Å². The molecular weight excluding hydrogens is 502 g/mol. The number of hydrogen-bond donors (Lipinski definition) is 1. The second-order valence-electron chi connectivity index (χ2n) is 8.49. The Bertz CT molecular complexity index is 1120. The lowest BCUT2D eigenvalue weighted by Crippen LogP contribution is -2.43. The fraction of sp³-hybridized carbons (Fsp3) is 0.360. The van der Waals surface area contributed by atoms with Gasteiger partial charge in [-0.3, -0.25) is 9.69 Å². The van der Waals surface area contributed by atoms with Crippen LogP contribution in [-0.2, 0) is 14.3 Å². The summed E-state index contributed by atoms with van der Waals surface area (Å²) in [5.74, 6) is -0.372. The molecule has 0 spiro atoms. The molecule has 2 aromatic rings. The van der Waals surface area contributed by atoms with Crippen LogP contribution in [-0.4, -0.2) is 52.2 Å². The van der Waals surface area contributed by atoms with Crippen molar-refractivity contribution in [3.63, 3.8) is 0 Å². The zero-order valence-corrected chi connectivity index (χ0v) is 21.5. The third-order valence-electron chi connectivity index (χ3n) is 4.82. The summed E-state index contributed by atoms with van der Waals surface area (Å²) in [6, 6.07) is 6.94. The van der Waals surface area contributed by atoms with Gasteiger partial charge in [-0.15, -0.1) is 0 Å². The van der Waals surface area contributed by atoms with E-state index in [-0.39, 0.29) is 11.5 Å². The first-order valence-electron chi connectivity index (χ1n) is 10.7. The fourth-order valence-electron chi connectivity index (χ4n) is 3.31. The van der Waals surface area contributed by atoms with E-state index in [0.717, 1.165) is 16.5 Å². The number of ether oxygens (including phenoxy) is 2. The number of nitrogens with zero attached hydrogens (tertiary/aromatic N) is 2. The van der Waals surface area contributed by atoms with E-state index in [4.69, 9.17) is 4.74 Å². The summed E-state index contributed by atoms with van der Waals surface area (Å²) in [7, 11) is 1.33. The number of H-pyrrole nitrogens is 1. The fourth-order valence-corrected chi connectivity index (χ4v) is 3.71. The van der Waals surface area contributed by atoms with Crippen molar-refractivity contribution in [1.29, 1.82) is 0 Å². The van der Waals surface area contributed by atoms with Gasteiger partial charge in [-0.2, -0.15) is 0 Å². The molecule has 2 heterocycles. The van der Waals surface area contributed by atoms with Gasteiger partial charge in [0.15, 0.2) is 0 Å². The highest BCUT2D eigenvalue weighted by Crippen LogP contribution is 2.22. The van der Waals surface area contributed by atoms with E-state index in [9.17, 15) is 14.4 Å². The zero-order valence-electron chi connectivity index (χ0n) is 19.9. The number of hydrogen-bond acceptors (Lipinski definition) is 6. The number of aromatic nitrogens is 2. The molecule has 1 saturated heterocycles. The van der Waals surface area contributed by atoms with E-state index < -0.39 is 17.7 Å². The molecule has 182 valence electrons. The van der Waals surface area contributed by atoms with Gasteiger partial charge in [0.1, 0.15) is 17.3 Å². The molecule has 1 aliphatic rings. The van der Waals surface area contributed by atoms with E-state index in [1.807, 2.05) is 24.3 Å². The molecule has 1 N–H and O–H groups in total. The molecular formula is C25H30BrN3O5. The summed E-state index contributed by atoms with van der Waals surface area (Å²) < 4.78 is 10.8. The van der Waals surface area contributed by atoms with Crippen molar-refractivity contribution in [2.24, 2.45) is 0 Å². The van der Waals surface area contributed by atoms with E-state index in [2.05, 4.69) is 43.8 Å². The van der Waals surface area contributed by atoms with Gasteiger partial charge in [0.05, 0.1) is 18.5 Å². The number of esters is 1. The summed E-state index contributed by atoms with van der Waals surface area (Å²) in [6.45, 7) is 13.3. The van der Waals surface area contributed by atoms with Crippen LogP contribution in [0.3, 0.4) is 0 Å². The Morgan fingerprint density at radius 2 is 1.97 bits per heavy atom. The Kier molecular flexibility index (Phi) is 9.37. The van der Waals surface area contributed by atoms with Crippen LogP contribution in [0.2, 0.25) is 0 Å². The molecule has 0 bridgehead atoms. The molecule has 0 saturated carbocycles. The van der Waals surface area contributed by atoms with Crippen LogP contribution in [0.25, 0.3) is 23.4 Å². The minimum Gasteiger partial charge on any atom is -0.467 e. The summed E-state index contributed by atoms with van der Waals surface area (Å²) >= 11 is 3.37. The van der Waals surface area contributed by atoms with Crippen molar-refractivity contribution in [3.8, 4) is 11.3 Å². The van der Waals surface area contributed by atoms with E-state index in [1.54, 1.807) is 32.9 Å². The van der Waals surface area contributed by atoms with Crippen LogP contribution in [0, 0.1) is 0 Å². The summed E-state index contributed by atoms with van der Waals surface area (Å²) in [4.78, 5) is 43.7. The van der Waals surface area contributed by atoms with Crippen molar-refractivity contribution in [2.75, 3.05) is 13.7 Å². The normalized spacial score (nSPS) is 15.1. The molecule has 3 rings (SSSR count). The Morgan fingerprint density at radius 1 is 1.26 bits per heavy atom. The van der Waals surface area contributed by atoms with Gasteiger partial charge in [-0.05, 0) is 57.9 Å². The Hall–Kier alpha value is -3.20. The lowest BCUT2D eigenvalue weighted by Gasteiger charge is -2.27. The maximum absolute atomic E-state index is 12.0. The number of methoxy groups -OCH3 is 1. The second-order valence-corrected chi connectivity index (χ2v) is 9.40. The number of nitrogens with one attached hydrogen (secondary N) is 1. The molecule has 1 atom stereocenters. The molecule has 1 aromatic carbocycles. The van der Waals surface area contributed by atoms with Gasteiger partial charge in [0.25, 0.3) is 5.56 Å². The first-order valence-corrected chi connectivity index (χ1v) is 11.5. The van der Waals surface area contributed by atoms with Crippen LogP contribution in [0.1, 0.15) is 45.0 Å². The third kappa shape index (κ3) is 7.15. The second kappa shape index (κ2) is 11.8. The molecule has 1 aliphatic heterocycles. The lowest BCUT2D eigenvalue weighted by molar-refractivity contribution is -0.145. The number of rotatable bonds is 4. The molecule has 8 nitrogen and oxygen atoms in total. The van der Waals surface area contributed by atoms with Crippen LogP contribution in [0.15, 0.2) is 46.7 Å². The van der Waals surface area contributed by atoms with Crippen molar-refractivity contribution >= 4 is 40.1 Å². The van der Waals surface area contributed by atoms with Gasteiger partial charge < -0.3 is 14.5 Å². The van der Waals surface area contributed by atoms with Crippen LogP contribution < -0.4 is 5.56 Å². The number of benzene rings is 1. The Balaban J connectivity index is 0.000000242. The molecule has 1 unspecified atom stereocenters. The van der Waals surface area contributed by atoms with Crippen molar-refractivity contribution < 1.29 is 19.1 Å². The molecule has 9 heteroatoms. The molecule has 1 fully saturated rings. The number of carbonyl (C=O) groups is 2. The van der Waals surface area contributed by atoms with Crippen LogP contribution in [0.4, 0.5) is 4.79 Å². The highest BCUT2D eigenvalue weighted by molar-refractivity contribution is 9.10. The van der Waals surface area contributed by atoms with Gasteiger partial charge in [-0.1, -0.05) is 41.2 Å². The first kappa shape index (κ1) is 27.0. The molecule has 34 heavy (non-hydrogen) atoms. The van der Waals surface area contributed by atoms with Crippen molar-refractivity contribution in [2.45, 2.75) is 45.3 Å². The summed E-state index contributed by atoms with van der Waals surface area (Å²) in [6.07, 6.45) is 4.15. The standard InChI is InChI=1S/C14H11BrN2O.C11H19NO4/c1-3-11-12(4-2)17-14(18)13(16-11)9-6-5-7-10(15)8-9;1-11(2,3)16-10(14)12-7-5-6-8(12)9(13)15-4/h3-8H,1-2H2,(H,17,18);8H,5-7H2,1-4H3. The van der Waals surface area contributed by atoms with Gasteiger partial charge >= 0.3 is 12.1 Å². The van der Waals surface area contributed by atoms with E-state index in [0.29, 0.717) is 30.0 Å². The van der Waals surface area contributed by atoms with Crippen LogP contribution >= 0.6 is 15.9 Å². The number of likely N-dealkylation sites (tertiary alicyclic amines) is 1. The van der Waals surface area contributed by atoms with Crippen molar-refractivity contribution in [1.82, 2.24) is 14.9 Å². The predicted molar refractivity (Wildman–Crippen MR) is 136 cm³/mol. The maximum Gasteiger partial charge on any atom is 0.411 e. The Morgan fingerprint density at radius 3 is 2.53 bits per heavy atom. The minimum absolute atomic E-state index is 0.242. The summed E-state index contributed by atoms with van der Waals surface area (Å²) in [5, 5.41) is 0. The zero-order chi connectivity index (χ0) is 25.5. The number of carbonyl (C=O) groups excluding carboxylic acids is 2. The monoisotopic (exact) mass is 531 g/mol. The highest BCUT2D eigenvalue weighted by atomic mass is 79.9. The lowest BCUT2D eigenvalue weighted by atomic mass is 10.1. The SMILES string of the molecule is C=Cc1nc(-c2cccc(Br)c2)c(=O)[nH]c1C=C.COC(=O)C1CCCN1C(=O)OC(C)(C)C. The number of aromatic amines is 1. The molecule has 1 amide bonds. The molecule has 0 radical (unpaired) electrons. The van der Waals surface area contributed by atoms with Crippen molar-refractivity contribution in [3.05, 3.63) is 63.6 Å². The maximum atomic E-state index is 12.0. The summed E-state index contributed by atoms with van der Waals surface area (Å²) in [5.41, 5.74) is 1.53.